The molecule has 1 aromatic rings. The second kappa shape index (κ2) is 6.61. The zero-order valence-electron chi connectivity index (χ0n) is 10.1. The molecule has 1 aromatic carbocycles. The van der Waals surface area contributed by atoms with Crippen molar-refractivity contribution < 1.29 is 19.4 Å². The lowest BCUT2D eigenvalue weighted by Crippen LogP contribution is -2.41. The monoisotopic (exact) mass is 252 g/mol. The Labute approximate surface area is 105 Å². The van der Waals surface area contributed by atoms with E-state index in [-0.39, 0.29) is 18.6 Å². The molecule has 0 aliphatic carbocycles. The topological polar surface area (TPSA) is 102 Å². The summed E-state index contributed by atoms with van der Waals surface area (Å²) < 4.78 is 4.79. The Bertz CT molecular complexity index is 434. The summed E-state index contributed by atoms with van der Waals surface area (Å²) in [5, 5.41) is 11.4. The Kier molecular flexibility index (Phi) is 5.13. The highest BCUT2D eigenvalue weighted by Crippen LogP contribution is 2.10. The molecular formula is C12H16N2O4. The van der Waals surface area contributed by atoms with Gasteiger partial charge in [0.05, 0.1) is 5.56 Å². The van der Waals surface area contributed by atoms with Gasteiger partial charge in [-0.25, -0.2) is 4.79 Å². The third kappa shape index (κ3) is 3.74. The van der Waals surface area contributed by atoms with E-state index in [4.69, 9.17) is 15.6 Å². The number of rotatable bonds is 6. The Morgan fingerprint density at radius 1 is 1.44 bits per heavy atom. The molecule has 0 fully saturated rings. The van der Waals surface area contributed by atoms with Crippen molar-refractivity contribution in [3.63, 3.8) is 0 Å². The van der Waals surface area contributed by atoms with Crippen LogP contribution in [0.2, 0.25) is 0 Å². The first-order chi connectivity index (χ1) is 8.56. The number of carbonyl (C=O) groups excluding carboxylic acids is 1. The van der Waals surface area contributed by atoms with Crippen LogP contribution in [-0.4, -0.2) is 36.7 Å². The lowest BCUT2D eigenvalue weighted by molar-refractivity contribution is -0.139. The highest BCUT2D eigenvalue weighted by Gasteiger charge is 2.21. The molecule has 18 heavy (non-hydrogen) atoms. The number of hydrogen-bond donors (Lipinski definition) is 3. The molecule has 1 atom stereocenters. The minimum Gasteiger partial charge on any atom is -0.480 e. The molecular weight excluding hydrogens is 236 g/mol. The molecule has 6 heteroatoms. The Hall–Kier alpha value is -2.08. The fraction of sp³-hybridized carbons (Fsp3) is 0.333. The number of carboxylic acid groups (broad SMARTS) is 1. The van der Waals surface area contributed by atoms with Crippen molar-refractivity contribution >= 4 is 17.6 Å². The van der Waals surface area contributed by atoms with E-state index in [2.05, 4.69) is 5.32 Å². The van der Waals surface area contributed by atoms with Crippen LogP contribution >= 0.6 is 0 Å². The van der Waals surface area contributed by atoms with Crippen LogP contribution in [0.3, 0.4) is 0 Å². The average molecular weight is 252 g/mol. The molecule has 0 aromatic heterocycles. The average Bonchev–Trinajstić information content (AvgIpc) is 2.34. The van der Waals surface area contributed by atoms with Gasteiger partial charge in [-0.2, -0.15) is 0 Å². The van der Waals surface area contributed by atoms with Crippen molar-refractivity contribution in [1.29, 1.82) is 0 Å². The predicted molar refractivity (Wildman–Crippen MR) is 66.2 cm³/mol. The number of ether oxygens (including phenoxy) is 1. The smallest absolute Gasteiger partial charge is 0.326 e. The van der Waals surface area contributed by atoms with E-state index < -0.39 is 17.9 Å². The zero-order chi connectivity index (χ0) is 13.5. The van der Waals surface area contributed by atoms with E-state index in [1.165, 1.54) is 7.11 Å². The van der Waals surface area contributed by atoms with Crippen molar-refractivity contribution in [2.45, 2.75) is 12.5 Å². The molecule has 0 radical (unpaired) electrons. The molecule has 0 heterocycles. The number of hydrogen-bond acceptors (Lipinski definition) is 4. The summed E-state index contributed by atoms with van der Waals surface area (Å²) in [5.74, 6) is -1.61. The summed E-state index contributed by atoms with van der Waals surface area (Å²) in [6.45, 7) is 0.252. The maximum absolute atomic E-state index is 11.8. The van der Waals surface area contributed by atoms with Gasteiger partial charge < -0.3 is 20.9 Å². The molecule has 0 spiro atoms. The Balaban J connectivity index is 2.72. The summed E-state index contributed by atoms with van der Waals surface area (Å²) in [7, 11) is 1.47. The maximum atomic E-state index is 11.8. The number of carbonyl (C=O) groups is 2. The molecule has 1 rings (SSSR count). The van der Waals surface area contributed by atoms with Gasteiger partial charge in [-0.15, -0.1) is 0 Å². The number of para-hydroxylation sites is 1. The Morgan fingerprint density at radius 2 is 2.11 bits per heavy atom. The van der Waals surface area contributed by atoms with Crippen molar-refractivity contribution in [3.05, 3.63) is 29.8 Å². The Morgan fingerprint density at radius 3 is 2.67 bits per heavy atom. The molecule has 6 nitrogen and oxygen atoms in total. The van der Waals surface area contributed by atoms with E-state index in [0.717, 1.165) is 0 Å². The van der Waals surface area contributed by atoms with Gasteiger partial charge in [0.25, 0.3) is 5.91 Å². The van der Waals surface area contributed by atoms with E-state index in [0.29, 0.717) is 5.69 Å². The number of methoxy groups -OCH3 is 1. The first-order valence-electron chi connectivity index (χ1n) is 5.43. The number of carboxylic acids is 1. The molecule has 4 N–H and O–H groups in total. The normalized spacial score (nSPS) is 11.8. The standard InChI is InChI=1S/C12H16N2O4/c1-18-7-6-10(12(16)17)14-11(15)8-4-2-3-5-9(8)13/h2-5,10H,6-7,13H2,1H3,(H,14,15)(H,16,17). The highest BCUT2D eigenvalue weighted by atomic mass is 16.5. The molecule has 0 saturated heterocycles. The van der Waals surface area contributed by atoms with Crippen LogP contribution < -0.4 is 11.1 Å². The van der Waals surface area contributed by atoms with Crippen LogP contribution in [0.25, 0.3) is 0 Å². The van der Waals surface area contributed by atoms with Crippen molar-refractivity contribution in [2.75, 3.05) is 19.5 Å². The van der Waals surface area contributed by atoms with Crippen LogP contribution in [0.15, 0.2) is 24.3 Å². The van der Waals surface area contributed by atoms with E-state index in [1.54, 1.807) is 24.3 Å². The second-order valence-electron chi connectivity index (χ2n) is 3.73. The fourth-order valence-corrected chi connectivity index (χ4v) is 1.43. The number of aliphatic carboxylic acids is 1. The largest absolute Gasteiger partial charge is 0.480 e. The van der Waals surface area contributed by atoms with E-state index >= 15 is 0 Å². The van der Waals surface area contributed by atoms with Gasteiger partial charge in [0.1, 0.15) is 6.04 Å². The number of nitrogens with two attached hydrogens (primary N) is 1. The van der Waals surface area contributed by atoms with Crippen molar-refractivity contribution in [3.8, 4) is 0 Å². The van der Waals surface area contributed by atoms with Gasteiger partial charge in [-0.1, -0.05) is 12.1 Å². The van der Waals surface area contributed by atoms with Gasteiger partial charge in [-0.3, -0.25) is 4.79 Å². The third-order valence-electron chi connectivity index (χ3n) is 2.42. The lowest BCUT2D eigenvalue weighted by Gasteiger charge is -2.14. The summed E-state index contributed by atoms with van der Waals surface area (Å²) in [6, 6.07) is 5.50. The minimum absolute atomic E-state index is 0.199. The van der Waals surface area contributed by atoms with Crippen LogP contribution in [0.4, 0.5) is 5.69 Å². The van der Waals surface area contributed by atoms with Crippen LogP contribution in [0.5, 0.6) is 0 Å². The summed E-state index contributed by atoms with van der Waals surface area (Å²) in [6.07, 6.45) is 0.199. The van der Waals surface area contributed by atoms with Gasteiger partial charge in [0.2, 0.25) is 0 Å². The second-order valence-corrected chi connectivity index (χ2v) is 3.73. The number of benzene rings is 1. The van der Waals surface area contributed by atoms with Gasteiger partial charge >= 0.3 is 5.97 Å². The molecule has 0 aliphatic rings. The number of nitrogens with one attached hydrogen (secondary N) is 1. The number of amides is 1. The van der Waals surface area contributed by atoms with Crippen LogP contribution in [0, 0.1) is 0 Å². The molecule has 98 valence electrons. The first kappa shape index (κ1) is 14.0. The lowest BCUT2D eigenvalue weighted by atomic mass is 10.1. The van der Waals surface area contributed by atoms with Gasteiger partial charge in [-0.05, 0) is 12.1 Å². The zero-order valence-corrected chi connectivity index (χ0v) is 10.1. The SMILES string of the molecule is COCCC(NC(=O)c1ccccc1N)C(=O)O. The van der Waals surface area contributed by atoms with E-state index in [9.17, 15) is 9.59 Å². The molecule has 0 aliphatic heterocycles. The number of anilines is 1. The van der Waals surface area contributed by atoms with Gasteiger partial charge in [0, 0.05) is 25.8 Å². The van der Waals surface area contributed by atoms with E-state index in [1.807, 2.05) is 0 Å². The molecule has 1 unspecified atom stereocenters. The molecule has 0 bridgehead atoms. The minimum atomic E-state index is -1.10. The van der Waals surface area contributed by atoms with Crippen LogP contribution in [0.1, 0.15) is 16.8 Å². The summed E-state index contributed by atoms with van der Waals surface area (Å²) in [5.41, 5.74) is 6.22. The highest BCUT2D eigenvalue weighted by molar-refractivity contribution is 6.00. The quantitative estimate of drug-likeness (QED) is 0.639. The third-order valence-corrected chi connectivity index (χ3v) is 2.42. The first-order valence-corrected chi connectivity index (χ1v) is 5.43. The summed E-state index contributed by atoms with van der Waals surface area (Å²) in [4.78, 5) is 22.8. The fourth-order valence-electron chi connectivity index (χ4n) is 1.43. The van der Waals surface area contributed by atoms with Gasteiger partial charge in [0.15, 0.2) is 0 Å². The summed E-state index contributed by atoms with van der Waals surface area (Å²) >= 11 is 0. The van der Waals surface area contributed by atoms with Crippen molar-refractivity contribution in [1.82, 2.24) is 5.32 Å². The maximum Gasteiger partial charge on any atom is 0.326 e. The predicted octanol–water partition coefficient (Wildman–Crippen LogP) is 0.488. The van der Waals surface area contributed by atoms with Crippen molar-refractivity contribution in [2.24, 2.45) is 0 Å². The van der Waals surface area contributed by atoms with Crippen LogP contribution in [-0.2, 0) is 9.53 Å². The number of nitrogen functional groups attached to an aromatic ring is 1. The molecule has 0 saturated carbocycles. The molecule has 1 amide bonds.